The van der Waals surface area contributed by atoms with Crippen LogP contribution in [0.4, 0.5) is 5.82 Å². The van der Waals surface area contributed by atoms with Gasteiger partial charge in [-0.3, -0.25) is 14.6 Å². The van der Waals surface area contributed by atoms with Crippen LogP contribution in [0.15, 0.2) is 35.1 Å². The quantitative estimate of drug-likeness (QED) is 0.871. The van der Waals surface area contributed by atoms with Gasteiger partial charge < -0.3 is 14.7 Å². The zero-order valence-electron chi connectivity index (χ0n) is 12.6. The van der Waals surface area contributed by atoms with Crippen molar-refractivity contribution in [2.75, 3.05) is 18.9 Å². The molecule has 2 amide bonds. The van der Waals surface area contributed by atoms with Gasteiger partial charge in [-0.1, -0.05) is 11.2 Å². The van der Waals surface area contributed by atoms with Gasteiger partial charge in [-0.15, -0.1) is 0 Å². The third kappa shape index (κ3) is 4.69. The first kappa shape index (κ1) is 15.7. The summed E-state index contributed by atoms with van der Waals surface area (Å²) in [6.45, 7) is 1.70. The van der Waals surface area contributed by atoms with Gasteiger partial charge in [-0.05, 0) is 25.0 Å². The van der Waals surface area contributed by atoms with E-state index >= 15 is 0 Å². The van der Waals surface area contributed by atoms with Gasteiger partial charge in [-0.2, -0.15) is 0 Å². The minimum absolute atomic E-state index is 0.0300. The number of aromatic nitrogens is 2. The van der Waals surface area contributed by atoms with Crippen molar-refractivity contribution >= 4 is 17.6 Å². The smallest absolute Gasteiger partial charge is 0.245 e. The van der Waals surface area contributed by atoms with Crippen LogP contribution in [0.5, 0.6) is 0 Å². The van der Waals surface area contributed by atoms with Crippen LogP contribution >= 0.6 is 0 Å². The number of likely N-dealkylation sites (N-methyl/N-ethyl adjacent to an activating group) is 1. The van der Waals surface area contributed by atoms with Crippen molar-refractivity contribution in [1.82, 2.24) is 15.0 Å². The second-order valence-electron chi connectivity index (χ2n) is 4.98. The van der Waals surface area contributed by atoms with Gasteiger partial charge in [0.2, 0.25) is 11.8 Å². The summed E-state index contributed by atoms with van der Waals surface area (Å²) in [6, 6.07) is 5.36. The molecule has 0 aliphatic rings. The molecule has 0 saturated heterocycles. The van der Waals surface area contributed by atoms with Crippen molar-refractivity contribution in [2.45, 2.75) is 19.8 Å². The second kappa shape index (κ2) is 7.35. The number of anilines is 1. The maximum atomic E-state index is 12.0. The van der Waals surface area contributed by atoms with E-state index in [-0.39, 0.29) is 18.4 Å². The topological polar surface area (TPSA) is 88.3 Å². The van der Waals surface area contributed by atoms with Gasteiger partial charge in [0.25, 0.3) is 0 Å². The van der Waals surface area contributed by atoms with Gasteiger partial charge in [-0.25, -0.2) is 0 Å². The molecule has 2 heterocycles. The van der Waals surface area contributed by atoms with E-state index in [4.69, 9.17) is 4.52 Å². The molecule has 0 unspecified atom stereocenters. The highest BCUT2D eigenvalue weighted by atomic mass is 16.5. The Morgan fingerprint density at radius 3 is 2.86 bits per heavy atom. The fourth-order valence-electron chi connectivity index (χ4n) is 1.90. The highest BCUT2D eigenvalue weighted by Crippen LogP contribution is 2.07. The lowest BCUT2D eigenvalue weighted by atomic mass is 10.1. The van der Waals surface area contributed by atoms with Crippen molar-refractivity contribution in [3.8, 4) is 0 Å². The van der Waals surface area contributed by atoms with E-state index in [1.54, 1.807) is 32.4 Å². The molecule has 0 radical (unpaired) electrons. The number of nitrogens with one attached hydrogen (secondary N) is 1. The van der Waals surface area contributed by atoms with Crippen LogP contribution in [-0.4, -0.2) is 40.4 Å². The Hall–Kier alpha value is -2.70. The van der Waals surface area contributed by atoms with E-state index in [9.17, 15) is 9.59 Å². The Morgan fingerprint density at radius 1 is 1.41 bits per heavy atom. The predicted octanol–water partition coefficient (Wildman–Crippen LogP) is 1.41. The van der Waals surface area contributed by atoms with Crippen LogP contribution in [0, 0.1) is 6.92 Å². The first-order valence-corrected chi connectivity index (χ1v) is 6.90. The summed E-state index contributed by atoms with van der Waals surface area (Å²) in [5.74, 6) is 0.538. The van der Waals surface area contributed by atoms with E-state index in [1.165, 1.54) is 4.90 Å². The number of carbonyl (C=O) groups is 2. The lowest BCUT2D eigenvalue weighted by molar-refractivity contribution is -0.133. The highest BCUT2D eigenvalue weighted by Gasteiger charge is 2.14. The number of pyridine rings is 1. The fraction of sp³-hybridized carbons (Fsp3) is 0.333. The van der Waals surface area contributed by atoms with E-state index in [2.05, 4.69) is 15.5 Å². The summed E-state index contributed by atoms with van der Waals surface area (Å²) in [5.41, 5.74) is 0.992. The summed E-state index contributed by atoms with van der Waals surface area (Å²) >= 11 is 0. The number of carbonyl (C=O) groups excluding carboxylic acids is 2. The molecular weight excluding hydrogens is 284 g/mol. The molecule has 0 spiro atoms. The maximum Gasteiger partial charge on any atom is 0.245 e. The monoisotopic (exact) mass is 302 g/mol. The van der Waals surface area contributed by atoms with Crippen molar-refractivity contribution in [3.05, 3.63) is 41.9 Å². The molecule has 7 nitrogen and oxygen atoms in total. The average Bonchev–Trinajstić information content (AvgIpc) is 2.90. The molecule has 0 fully saturated rings. The first-order chi connectivity index (χ1) is 10.5. The van der Waals surface area contributed by atoms with Crippen molar-refractivity contribution in [3.63, 3.8) is 0 Å². The van der Waals surface area contributed by atoms with Crippen molar-refractivity contribution < 1.29 is 14.1 Å². The molecule has 0 aliphatic heterocycles. The summed E-state index contributed by atoms with van der Waals surface area (Å²) < 4.78 is 4.85. The van der Waals surface area contributed by atoms with E-state index < -0.39 is 0 Å². The van der Waals surface area contributed by atoms with Crippen LogP contribution in [0.2, 0.25) is 0 Å². The Labute approximate surface area is 128 Å². The Bertz CT molecular complexity index is 639. The SMILES string of the molecule is Cc1cc(NC(=O)CN(C)C(=O)CCc2cccnc2)no1. The van der Waals surface area contributed by atoms with Crippen LogP contribution in [0.3, 0.4) is 0 Å². The zero-order valence-corrected chi connectivity index (χ0v) is 12.6. The van der Waals surface area contributed by atoms with E-state index in [0.29, 0.717) is 24.4 Å². The minimum Gasteiger partial charge on any atom is -0.360 e. The molecular formula is C15H18N4O3. The molecule has 0 saturated carbocycles. The van der Waals surface area contributed by atoms with Crippen LogP contribution in [-0.2, 0) is 16.0 Å². The number of amides is 2. The van der Waals surface area contributed by atoms with Gasteiger partial charge in [0, 0.05) is 31.9 Å². The summed E-state index contributed by atoms with van der Waals surface area (Å²) in [7, 11) is 1.60. The molecule has 7 heteroatoms. The molecule has 0 aliphatic carbocycles. The van der Waals surface area contributed by atoms with Gasteiger partial charge in [0.05, 0.1) is 6.54 Å². The molecule has 22 heavy (non-hydrogen) atoms. The lowest BCUT2D eigenvalue weighted by Gasteiger charge is -2.16. The lowest BCUT2D eigenvalue weighted by Crippen LogP contribution is -2.35. The maximum absolute atomic E-state index is 12.0. The molecule has 2 aromatic rings. The fourth-order valence-corrected chi connectivity index (χ4v) is 1.90. The third-order valence-electron chi connectivity index (χ3n) is 3.05. The number of nitrogens with zero attached hydrogens (tertiary/aromatic N) is 3. The largest absolute Gasteiger partial charge is 0.360 e. The zero-order chi connectivity index (χ0) is 15.9. The predicted molar refractivity (Wildman–Crippen MR) is 80.1 cm³/mol. The number of hydrogen-bond acceptors (Lipinski definition) is 5. The van der Waals surface area contributed by atoms with E-state index in [0.717, 1.165) is 5.56 Å². The van der Waals surface area contributed by atoms with Crippen molar-refractivity contribution in [2.24, 2.45) is 0 Å². The van der Waals surface area contributed by atoms with Gasteiger partial charge in [0.15, 0.2) is 5.82 Å². The summed E-state index contributed by atoms with van der Waals surface area (Å²) in [6.07, 6.45) is 4.35. The first-order valence-electron chi connectivity index (χ1n) is 6.90. The average molecular weight is 302 g/mol. The Kier molecular flexibility index (Phi) is 5.24. The summed E-state index contributed by atoms with van der Waals surface area (Å²) in [5, 5.41) is 6.24. The normalized spacial score (nSPS) is 10.3. The molecule has 2 rings (SSSR count). The number of hydrogen-bond donors (Lipinski definition) is 1. The van der Waals surface area contributed by atoms with E-state index in [1.807, 2.05) is 12.1 Å². The summed E-state index contributed by atoms with van der Waals surface area (Å²) in [4.78, 5) is 29.2. The molecule has 116 valence electrons. The third-order valence-corrected chi connectivity index (χ3v) is 3.05. The Balaban J connectivity index is 1.77. The van der Waals surface area contributed by atoms with Gasteiger partial charge in [0.1, 0.15) is 5.76 Å². The number of aryl methyl sites for hydroxylation is 2. The highest BCUT2D eigenvalue weighted by molar-refractivity contribution is 5.93. The molecule has 0 atom stereocenters. The van der Waals surface area contributed by atoms with Crippen LogP contribution < -0.4 is 5.32 Å². The Morgan fingerprint density at radius 2 is 2.23 bits per heavy atom. The van der Waals surface area contributed by atoms with Crippen LogP contribution in [0.1, 0.15) is 17.7 Å². The van der Waals surface area contributed by atoms with Crippen LogP contribution in [0.25, 0.3) is 0 Å². The second-order valence-corrected chi connectivity index (χ2v) is 4.98. The van der Waals surface area contributed by atoms with Gasteiger partial charge >= 0.3 is 0 Å². The minimum atomic E-state index is -0.314. The van der Waals surface area contributed by atoms with Crippen molar-refractivity contribution in [1.29, 1.82) is 0 Å². The molecule has 1 N–H and O–H groups in total. The number of rotatable bonds is 6. The molecule has 2 aromatic heterocycles. The molecule has 0 bridgehead atoms. The molecule has 0 aromatic carbocycles. The standard InChI is InChI=1S/C15H18N4O3/c1-11-8-13(18-22-11)17-14(20)10-19(2)15(21)6-5-12-4-3-7-16-9-12/h3-4,7-9H,5-6,10H2,1-2H3,(H,17,18,20).